The Bertz CT molecular complexity index is 637. The summed E-state index contributed by atoms with van der Waals surface area (Å²) >= 11 is 4.69. The van der Waals surface area contributed by atoms with E-state index in [1.54, 1.807) is 37.3 Å². The zero-order chi connectivity index (χ0) is 15.2. The number of nitrogens with one attached hydrogen (secondary N) is 1. The van der Waals surface area contributed by atoms with Crippen molar-refractivity contribution in [2.75, 3.05) is 11.9 Å². The van der Waals surface area contributed by atoms with Crippen molar-refractivity contribution in [3.63, 3.8) is 0 Å². The van der Waals surface area contributed by atoms with E-state index in [0.717, 1.165) is 10.0 Å². The second-order valence-corrected chi connectivity index (χ2v) is 6.09. The minimum absolute atomic E-state index is 0.149. The Kier molecular flexibility index (Phi) is 5.52. The van der Waals surface area contributed by atoms with Crippen LogP contribution >= 0.6 is 27.3 Å². The molecule has 0 aliphatic heterocycles. The first-order valence-electron chi connectivity index (χ1n) is 6.38. The zero-order valence-electron chi connectivity index (χ0n) is 11.4. The number of hydrogen-bond donors (Lipinski definition) is 1. The van der Waals surface area contributed by atoms with Gasteiger partial charge in [-0.15, -0.1) is 11.3 Å². The summed E-state index contributed by atoms with van der Waals surface area (Å²) in [6.07, 6.45) is 0.236. The van der Waals surface area contributed by atoms with E-state index in [1.165, 1.54) is 11.3 Å². The predicted molar refractivity (Wildman–Crippen MR) is 86.8 cm³/mol. The van der Waals surface area contributed by atoms with Gasteiger partial charge in [-0.1, -0.05) is 12.1 Å². The van der Waals surface area contributed by atoms with Crippen LogP contribution in [0.4, 0.5) is 5.69 Å². The van der Waals surface area contributed by atoms with Crippen LogP contribution in [0.25, 0.3) is 0 Å². The average Bonchev–Trinajstić information content (AvgIpc) is 2.88. The van der Waals surface area contributed by atoms with Crippen molar-refractivity contribution in [3.05, 3.63) is 50.6 Å². The highest BCUT2D eigenvalue weighted by atomic mass is 79.9. The van der Waals surface area contributed by atoms with Crippen molar-refractivity contribution in [1.29, 1.82) is 0 Å². The van der Waals surface area contributed by atoms with Gasteiger partial charge in [0.05, 0.1) is 17.9 Å². The molecule has 0 bridgehead atoms. The van der Waals surface area contributed by atoms with Crippen LogP contribution in [0, 0.1) is 0 Å². The highest BCUT2D eigenvalue weighted by Crippen LogP contribution is 2.21. The van der Waals surface area contributed by atoms with Crippen molar-refractivity contribution >= 4 is 44.8 Å². The number of benzene rings is 1. The maximum atomic E-state index is 12.0. The first-order chi connectivity index (χ1) is 10.1. The van der Waals surface area contributed by atoms with Gasteiger partial charge in [-0.2, -0.15) is 0 Å². The Morgan fingerprint density at radius 2 is 2.00 bits per heavy atom. The van der Waals surface area contributed by atoms with Crippen molar-refractivity contribution in [2.24, 2.45) is 0 Å². The minimum atomic E-state index is -0.252. The molecular formula is C15H14BrNO3S. The molecule has 0 aliphatic rings. The van der Waals surface area contributed by atoms with E-state index in [9.17, 15) is 9.59 Å². The van der Waals surface area contributed by atoms with Crippen molar-refractivity contribution in [3.8, 4) is 0 Å². The fraction of sp³-hybridized carbons (Fsp3) is 0.200. The molecule has 1 aromatic carbocycles. The van der Waals surface area contributed by atoms with E-state index in [2.05, 4.69) is 21.2 Å². The highest BCUT2D eigenvalue weighted by Gasteiger charge is 2.09. The Labute approximate surface area is 135 Å². The van der Waals surface area contributed by atoms with Crippen LogP contribution in [0.15, 0.2) is 40.2 Å². The SMILES string of the molecule is CCOC(=O)Cc1ccc(NC(=O)c2cc(Br)cs2)cc1. The van der Waals surface area contributed by atoms with E-state index < -0.39 is 0 Å². The Hall–Kier alpha value is -1.66. The first-order valence-corrected chi connectivity index (χ1v) is 8.05. The number of carbonyl (C=O) groups excluding carboxylic acids is 2. The molecule has 1 aromatic heterocycles. The fourth-order valence-corrected chi connectivity index (χ4v) is 3.03. The van der Waals surface area contributed by atoms with Gasteiger partial charge in [-0.3, -0.25) is 9.59 Å². The highest BCUT2D eigenvalue weighted by molar-refractivity contribution is 9.10. The molecule has 1 N–H and O–H groups in total. The third-order valence-corrected chi connectivity index (χ3v) is 4.35. The monoisotopic (exact) mass is 367 g/mol. The maximum Gasteiger partial charge on any atom is 0.310 e. The second-order valence-electron chi connectivity index (χ2n) is 4.26. The lowest BCUT2D eigenvalue weighted by atomic mass is 10.1. The van der Waals surface area contributed by atoms with Gasteiger partial charge in [-0.05, 0) is 46.6 Å². The van der Waals surface area contributed by atoms with Crippen LogP contribution in [0.3, 0.4) is 0 Å². The van der Waals surface area contributed by atoms with E-state index in [0.29, 0.717) is 17.2 Å². The van der Waals surface area contributed by atoms with Gasteiger partial charge in [-0.25, -0.2) is 0 Å². The topological polar surface area (TPSA) is 55.4 Å². The van der Waals surface area contributed by atoms with Crippen molar-refractivity contribution in [2.45, 2.75) is 13.3 Å². The van der Waals surface area contributed by atoms with E-state index in [-0.39, 0.29) is 18.3 Å². The van der Waals surface area contributed by atoms with Crippen LogP contribution in [0.1, 0.15) is 22.2 Å². The molecule has 6 heteroatoms. The number of halogens is 1. The number of esters is 1. The third-order valence-electron chi connectivity index (χ3n) is 2.66. The lowest BCUT2D eigenvalue weighted by molar-refractivity contribution is -0.142. The molecule has 1 heterocycles. The molecule has 0 saturated heterocycles. The van der Waals surface area contributed by atoms with Gasteiger partial charge in [0.25, 0.3) is 5.91 Å². The second kappa shape index (κ2) is 7.38. The summed E-state index contributed by atoms with van der Waals surface area (Å²) in [6.45, 7) is 2.16. The molecular weight excluding hydrogens is 354 g/mol. The number of ether oxygens (including phenoxy) is 1. The summed E-state index contributed by atoms with van der Waals surface area (Å²) in [6, 6.07) is 8.92. The minimum Gasteiger partial charge on any atom is -0.466 e. The standard InChI is InChI=1S/C15H14BrNO3S/c1-2-20-14(18)7-10-3-5-12(6-4-10)17-15(19)13-8-11(16)9-21-13/h3-6,8-9H,2,7H2,1H3,(H,17,19). The molecule has 2 aromatic rings. The largest absolute Gasteiger partial charge is 0.466 e. The number of carbonyl (C=O) groups is 2. The molecule has 0 aliphatic carbocycles. The number of anilines is 1. The Balaban J connectivity index is 1.96. The molecule has 4 nitrogen and oxygen atoms in total. The van der Waals surface area contributed by atoms with Crippen LogP contribution in [-0.2, 0) is 16.0 Å². The molecule has 0 unspecified atom stereocenters. The molecule has 0 radical (unpaired) electrons. The average molecular weight is 368 g/mol. The van der Waals surface area contributed by atoms with E-state index >= 15 is 0 Å². The molecule has 0 spiro atoms. The molecule has 21 heavy (non-hydrogen) atoms. The molecule has 1 amide bonds. The lowest BCUT2D eigenvalue weighted by Gasteiger charge is -2.05. The molecule has 0 fully saturated rings. The Morgan fingerprint density at radius 3 is 2.57 bits per heavy atom. The quantitative estimate of drug-likeness (QED) is 0.816. The zero-order valence-corrected chi connectivity index (χ0v) is 13.8. The molecule has 0 atom stereocenters. The normalized spacial score (nSPS) is 10.2. The summed E-state index contributed by atoms with van der Waals surface area (Å²) in [5, 5.41) is 4.67. The van der Waals surface area contributed by atoms with Crippen LogP contribution in [0.5, 0.6) is 0 Å². The van der Waals surface area contributed by atoms with E-state index in [1.807, 2.05) is 5.38 Å². The fourth-order valence-electron chi connectivity index (χ4n) is 1.71. The number of thiophene rings is 1. The van der Waals surface area contributed by atoms with Gasteiger partial charge in [0.1, 0.15) is 0 Å². The van der Waals surface area contributed by atoms with Crippen LogP contribution in [0.2, 0.25) is 0 Å². The summed E-state index contributed by atoms with van der Waals surface area (Å²) in [5.41, 5.74) is 1.54. The molecule has 0 saturated carbocycles. The smallest absolute Gasteiger partial charge is 0.310 e. The summed E-state index contributed by atoms with van der Waals surface area (Å²) in [4.78, 5) is 24.0. The first kappa shape index (κ1) is 15.7. The van der Waals surface area contributed by atoms with Crippen LogP contribution in [-0.4, -0.2) is 18.5 Å². The summed E-state index contributed by atoms with van der Waals surface area (Å²) in [7, 11) is 0. The van der Waals surface area contributed by atoms with Crippen molar-refractivity contribution in [1.82, 2.24) is 0 Å². The lowest BCUT2D eigenvalue weighted by Crippen LogP contribution is -2.10. The Morgan fingerprint density at radius 1 is 1.29 bits per heavy atom. The molecule has 110 valence electrons. The van der Waals surface area contributed by atoms with Gasteiger partial charge in [0.2, 0.25) is 0 Å². The van der Waals surface area contributed by atoms with Gasteiger partial charge >= 0.3 is 5.97 Å². The van der Waals surface area contributed by atoms with Crippen LogP contribution < -0.4 is 5.32 Å². The summed E-state index contributed by atoms with van der Waals surface area (Å²) < 4.78 is 5.78. The number of amides is 1. The van der Waals surface area contributed by atoms with Gasteiger partial charge in [0.15, 0.2) is 0 Å². The summed E-state index contributed by atoms with van der Waals surface area (Å²) in [5.74, 6) is -0.401. The number of hydrogen-bond acceptors (Lipinski definition) is 4. The van der Waals surface area contributed by atoms with Crippen molar-refractivity contribution < 1.29 is 14.3 Å². The van der Waals surface area contributed by atoms with Gasteiger partial charge < -0.3 is 10.1 Å². The maximum absolute atomic E-state index is 12.0. The predicted octanol–water partition coefficient (Wildman–Crippen LogP) is 3.87. The molecule has 2 rings (SSSR count). The van der Waals surface area contributed by atoms with E-state index in [4.69, 9.17) is 4.74 Å². The van der Waals surface area contributed by atoms with Gasteiger partial charge in [0, 0.05) is 15.5 Å². The number of rotatable bonds is 5. The third kappa shape index (κ3) is 4.68.